The predicted octanol–water partition coefficient (Wildman–Crippen LogP) is 4.93. The highest BCUT2D eigenvalue weighted by atomic mass is 19.4. The normalized spacial score (nSPS) is 14.4. The summed E-state index contributed by atoms with van der Waals surface area (Å²) < 4.78 is 49.3. The van der Waals surface area contributed by atoms with Crippen molar-refractivity contribution in [1.82, 2.24) is 15.0 Å². The molecule has 0 saturated heterocycles. The van der Waals surface area contributed by atoms with Crippen LogP contribution in [-0.4, -0.2) is 28.2 Å². The fraction of sp³-hybridized carbons (Fsp3) is 0.333. The highest BCUT2D eigenvalue weighted by Crippen LogP contribution is 2.32. The van der Waals surface area contributed by atoms with Crippen LogP contribution in [0.25, 0.3) is 11.4 Å². The van der Waals surface area contributed by atoms with Gasteiger partial charge in [-0.25, -0.2) is 0 Å². The minimum absolute atomic E-state index is 0.159. The molecule has 4 rings (SSSR count). The van der Waals surface area contributed by atoms with E-state index in [-0.39, 0.29) is 11.4 Å². The summed E-state index contributed by atoms with van der Waals surface area (Å²) in [7, 11) is 1.63. The molecule has 1 saturated carbocycles. The van der Waals surface area contributed by atoms with Gasteiger partial charge in [0.25, 0.3) is 0 Å². The van der Waals surface area contributed by atoms with E-state index in [1.807, 2.05) is 24.3 Å². The molecule has 1 aliphatic rings. The Bertz CT molecular complexity index is 966. The number of benzene rings is 2. The summed E-state index contributed by atoms with van der Waals surface area (Å²) in [6, 6.07) is 13.2. The van der Waals surface area contributed by atoms with Crippen molar-refractivity contribution in [2.24, 2.45) is 0 Å². The van der Waals surface area contributed by atoms with Crippen molar-refractivity contribution in [1.29, 1.82) is 0 Å². The van der Waals surface area contributed by atoms with Gasteiger partial charge in [0.15, 0.2) is 0 Å². The lowest BCUT2D eigenvalue weighted by molar-refractivity contribution is -0.137. The molecule has 152 valence electrons. The molecular formula is C21H20F3N3O2. The zero-order valence-corrected chi connectivity index (χ0v) is 15.8. The van der Waals surface area contributed by atoms with Crippen molar-refractivity contribution in [2.75, 3.05) is 7.11 Å². The van der Waals surface area contributed by atoms with Gasteiger partial charge in [0, 0.05) is 18.2 Å². The zero-order valence-electron chi connectivity index (χ0n) is 15.8. The second kappa shape index (κ2) is 7.87. The summed E-state index contributed by atoms with van der Waals surface area (Å²) in [6.07, 6.45) is -2.21. The summed E-state index contributed by atoms with van der Waals surface area (Å²) in [4.78, 5) is 6.56. The smallest absolute Gasteiger partial charge is 0.416 e. The van der Waals surface area contributed by atoms with Gasteiger partial charge in [-0.15, -0.1) is 0 Å². The Kier molecular flexibility index (Phi) is 5.27. The van der Waals surface area contributed by atoms with Crippen molar-refractivity contribution in [3.05, 3.63) is 65.5 Å². The fourth-order valence-electron chi connectivity index (χ4n) is 3.16. The average Bonchev–Trinajstić information content (AvgIpc) is 3.46. The third kappa shape index (κ3) is 4.76. The van der Waals surface area contributed by atoms with Gasteiger partial charge in [0.05, 0.1) is 19.2 Å². The monoisotopic (exact) mass is 403 g/mol. The van der Waals surface area contributed by atoms with Crippen molar-refractivity contribution in [3.8, 4) is 17.1 Å². The van der Waals surface area contributed by atoms with Crippen LogP contribution in [0, 0.1) is 0 Å². The Morgan fingerprint density at radius 1 is 1.10 bits per heavy atom. The molecule has 1 heterocycles. The molecule has 5 nitrogen and oxygen atoms in total. The SMILES string of the molecule is COc1ccc(CN(Cc2nc(-c3cccc(C(F)(F)F)c3)no2)C2CC2)cc1. The van der Waals surface area contributed by atoms with E-state index in [2.05, 4.69) is 15.0 Å². The Hall–Kier alpha value is -2.87. The number of nitrogens with zero attached hydrogens (tertiary/aromatic N) is 3. The number of alkyl halides is 3. The van der Waals surface area contributed by atoms with Crippen LogP contribution in [0.3, 0.4) is 0 Å². The Morgan fingerprint density at radius 3 is 2.52 bits per heavy atom. The molecule has 3 aromatic rings. The topological polar surface area (TPSA) is 51.4 Å². The first-order valence-electron chi connectivity index (χ1n) is 9.29. The lowest BCUT2D eigenvalue weighted by Gasteiger charge is -2.20. The van der Waals surface area contributed by atoms with Gasteiger partial charge < -0.3 is 9.26 Å². The first-order valence-corrected chi connectivity index (χ1v) is 9.29. The highest BCUT2D eigenvalue weighted by Gasteiger charge is 2.32. The maximum Gasteiger partial charge on any atom is 0.416 e. The van der Waals surface area contributed by atoms with Crippen molar-refractivity contribution in [3.63, 3.8) is 0 Å². The van der Waals surface area contributed by atoms with Gasteiger partial charge in [-0.2, -0.15) is 18.2 Å². The quantitative estimate of drug-likeness (QED) is 0.560. The lowest BCUT2D eigenvalue weighted by atomic mass is 10.1. The molecule has 0 atom stereocenters. The van der Waals surface area contributed by atoms with Crippen molar-refractivity contribution in [2.45, 2.75) is 38.1 Å². The number of methoxy groups -OCH3 is 1. The van der Waals surface area contributed by atoms with Crippen LogP contribution in [0.1, 0.15) is 29.9 Å². The molecule has 1 aromatic heterocycles. The van der Waals surface area contributed by atoms with Crippen molar-refractivity contribution >= 4 is 0 Å². The van der Waals surface area contributed by atoms with Crippen LogP contribution in [0.15, 0.2) is 53.1 Å². The van der Waals surface area contributed by atoms with E-state index in [4.69, 9.17) is 9.26 Å². The van der Waals surface area contributed by atoms with Crippen LogP contribution >= 0.6 is 0 Å². The van der Waals surface area contributed by atoms with Gasteiger partial charge in [-0.1, -0.05) is 29.4 Å². The second-order valence-electron chi connectivity index (χ2n) is 7.07. The van der Waals surface area contributed by atoms with Crippen molar-refractivity contribution < 1.29 is 22.4 Å². The molecule has 2 aromatic carbocycles. The Morgan fingerprint density at radius 2 is 1.86 bits per heavy atom. The molecule has 1 fully saturated rings. The van der Waals surface area contributed by atoms with E-state index in [9.17, 15) is 13.2 Å². The molecule has 0 amide bonds. The van der Waals surface area contributed by atoms with E-state index in [0.717, 1.165) is 42.8 Å². The molecule has 8 heteroatoms. The number of aromatic nitrogens is 2. The van der Waals surface area contributed by atoms with Gasteiger partial charge in [0.1, 0.15) is 5.75 Å². The molecule has 0 bridgehead atoms. The van der Waals surface area contributed by atoms with E-state index in [0.29, 0.717) is 18.5 Å². The standard InChI is InChI=1S/C21H20F3N3O2/c1-28-18-9-5-14(6-10-18)12-27(17-7-8-17)13-19-25-20(26-29-19)15-3-2-4-16(11-15)21(22,23)24/h2-6,9-11,17H,7-8,12-13H2,1H3. The van der Waals surface area contributed by atoms with E-state index >= 15 is 0 Å². The first kappa shape index (κ1) is 19.4. The number of rotatable bonds is 7. The molecule has 0 aliphatic heterocycles. The Balaban J connectivity index is 1.48. The molecule has 1 aliphatic carbocycles. The molecule has 0 radical (unpaired) electrons. The third-order valence-electron chi connectivity index (χ3n) is 4.86. The summed E-state index contributed by atoms with van der Waals surface area (Å²) in [6.45, 7) is 1.17. The van der Waals surface area contributed by atoms with Gasteiger partial charge in [-0.3, -0.25) is 4.90 Å². The van der Waals surface area contributed by atoms with Crippen LogP contribution in [0.2, 0.25) is 0 Å². The van der Waals surface area contributed by atoms with Gasteiger partial charge in [0.2, 0.25) is 11.7 Å². The van der Waals surface area contributed by atoms with E-state index in [1.54, 1.807) is 13.2 Å². The summed E-state index contributed by atoms with van der Waals surface area (Å²) in [5.74, 6) is 1.35. The van der Waals surface area contributed by atoms with Crippen LogP contribution in [0.4, 0.5) is 13.2 Å². The summed E-state index contributed by atoms with van der Waals surface area (Å²) >= 11 is 0. The minimum atomic E-state index is -4.41. The van der Waals surface area contributed by atoms with Gasteiger partial charge in [-0.05, 0) is 42.7 Å². The third-order valence-corrected chi connectivity index (χ3v) is 4.86. The van der Waals surface area contributed by atoms with Crippen LogP contribution in [0.5, 0.6) is 5.75 Å². The summed E-state index contributed by atoms with van der Waals surface area (Å²) in [5.41, 5.74) is 0.679. The lowest BCUT2D eigenvalue weighted by Crippen LogP contribution is -2.25. The predicted molar refractivity (Wildman–Crippen MR) is 100.0 cm³/mol. The second-order valence-corrected chi connectivity index (χ2v) is 7.07. The van der Waals surface area contributed by atoms with Crippen LogP contribution < -0.4 is 4.74 Å². The average molecular weight is 403 g/mol. The maximum absolute atomic E-state index is 12.9. The molecule has 0 N–H and O–H groups in total. The number of halogens is 3. The fourth-order valence-corrected chi connectivity index (χ4v) is 3.16. The van der Waals surface area contributed by atoms with E-state index in [1.165, 1.54) is 6.07 Å². The number of hydrogen-bond donors (Lipinski definition) is 0. The maximum atomic E-state index is 12.9. The molecule has 29 heavy (non-hydrogen) atoms. The zero-order chi connectivity index (χ0) is 20.4. The largest absolute Gasteiger partial charge is 0.497 e. The minimum Gasteiger partial charge on any atom is -0.497 e. The van der Waals surface area contributed by atoms with Crippen LogP contribution in [-0.2, 0) is 19.3 Å². The number of hydrogen-bond acceptors (Lipinski definition) is 5. The molecular weight excluding hydrogens is 383 g/mol. The molecule has 0 spiro atoms. The number of ether oxygens (including phenoxy) is 1. The molecule has 0 unspecified atom stereocenters. The first-order chi connectivity index (χ1) is 13.9. The van der Waals surface area contributed by atoms with Gasteiger partial charge >= 0.3 is 6.18 Å². The summed E-state index contributed by atoms with van der Waals surface area (Å²) in [5, 5.41) is 3.88. The van der Waals surface area contributed by atoms with E-state index < -0.39 is 11.7 Å². The highest BCUT2D eigenvalue weighted by molar-refractivity contribution is 5.55. The Labute approximate surface area is 166 Å².